The number of benzene rings is 2. The first-order valence-corrected chi connectivity index (χ1v) is 7.05. The molecule has 0 bridgehead atoms. The van der Waals surface area contributed by atoms with E-state index in [0.717, 1.165) is 33.3 Å². The molecule has 2 aromatic carbocycles. The van der Waals surface area contributed by atoms with Crippen LogP contribution in [0.15, 0.2) is 46.9 Å². The molecular formula is C16H13BrO2. The molecule has 0 radical (unpaired) electrons. The van der Waals surface area contributed by atoms with Crippen molar-refractivity contribution in [1.29, 1.82) is 0 Å². The van der Waals surface area contributed by atoms with Crippen LogP contribution in [0.25, 0.3) is 0 Å². The van der Waals surface area contributed by atoms with Crippen molar-refractivity contribution in [3.63, 3.8) is 0 Å². The zero-order chi connectivity index (χ0) is 13.2. The van der Waals surface area contributed by atoms with Gasteiger partial charge in [0.25, 0.3) is 0 Å². The molecule has 0 atom stereocenters. The maximum Gasteiger partial charge on any atom is 0.163 e. The summed E-state index contributed by atoms with van der Waals surface area (Å²) in [5, 5.41) is 0. The molecule has 0 saturated carbocycles. The summed E-state index contributed by atoms with van der Waals surface area (Å²) < 4.78 is 6.79. The van der Waals surface area contributed by atoms with Crippen molar-refractivity contribution in [2.75, 3.05) is 0 Å². The average Bonchev–Trinajstić information content (AvgIpc) is 2.78. The van der Waals surface area contributed by atoms with Gasteiger partial charge in [-0.05, 0) is 41.8 Å². The zero-order valence-corrected chi connectivity index (χ0v) is 11.9. The molecule has 0 unspecified atom stereocenters. The maximum atomic E-state index is 11.7. The van der Waals surface area contributed by atoms with Crippen LogP contribution >= 0.6 is 15.9 Å². The Morgan fingerprint density at radius 2 is 2.00 bits per heavy atom. The number of aryl methyl sites for hydroxylation is 1. The third-order valence-electron chi connectivity index (χ3n) is 3.30. The normalized spacial score (nSPS) is 13.4. The minimum atomic E-state index is 0.225. The first-order valence-electron chi connectivity index (χ1n) is 6.26. The largest absolute Gasteiger partial charge is 0.489 e. The van der Waals surface area contributed by atoms with E-state index >= 15 is 0 Å². The lowest BCUT2D eigenvalue weighted by molar-refractivity contribution is 0.0994. The van der Waals surface area contributed by atoms with Crippen LogP contribution in [-0.4, -0.2) is 5.78 Å². The van der Waals surface area contributed by atoms with Crippen LogP contribution in [0.5, 0.6) is 5.75 Å². The third kappa shape index (κ3) is 2.71. The van der Waals surface area contributed by atoms with Crippen LogP contribution in [0.1, 0.15) is 27.9 Å². The molecule has 3 heteroatoms. The predicted molar refractivity (Wildman–Crippen MR) is 77.6 cm³/mol. The number of hydrogen-bond donors (Lipinski definition) is 0. The number of fused-ring (bicyclic) bond motifs is 1. The third-order valence-corrected chi connectivity index (χ3v) is 3.79. The first kappa shape index (κ1) is 12.4. The van der Waals surface area contributed by atoms with E-state index in [2.05, 4.69) is 15.9 Å². The standard InChI is InChI=1S/C16H13BrO2/c17-13-3-1-2-11(8-13)10-19-14-6-4-12-5-7-16(18)15(12)9-14/h1-4,6,8-9H,5,7,10H2. The molecule has 1 aliphatic carbocycles. The van der Waals surface area contributed by atoms with Gasteiger partial charge in [0.15, 0.2) is 5.78 Å². The molecule has 1 aliphatic rings. The lowest BCUT2D eigenvalue weighted by atomic mass is 10.1. The molecule has 0 aliphatic heterocycles. The summed E-state index contributed by atoms with van der Waals surface area (Å²) in [7, 11) is 0. The molecular weight excluding hydrogens is 304 g/mol. The van der Waals surface area contributed by atoms with Crippen LogP contribution in [0.4, 0.5) is 0 Å². The van der Waals surface area contributed by atoms with Gasteiger partial charge in [-0.15, -0.1) is 0 Å². The Kier molecular flexibility index (Phi) is 3.38. The number of halogens is 1. The van der Waals surface area contributed by atoms with Crippen LogP contribution in [-0.2, 0) is 13.0 Å². The van der Waals surface area contributed by atoms with E-state index in [-0.39, 0.29) is 5.78 Å². The monoisotopic (exact) mass is 316 g/mol. The van der Waals surface area contributed by atoms with Gasteiger partial charge in [0, 0.05) is 16.5 Å². The van der Waals surface area contributed by atoms with Crippen molar-refractivity contribution in [2.24, 2.45) is 0 Å². The highest BCUT2D eigenvalue weighted by atomic mass is 79.9. The SMILES string of the molecule is O=C1CCc2ccc(OCc3cccc(Br)c3)cc21. The summed E-state index contributed by atoms with van der Waals surface area (Å²) in [5.74, 6) is 0.983. The van der Waals surface area contributed by atoms with Crippen molar-refractivity contribution in [3.05, 3.63) is 63.6 Å². The average molecular weight is 317 g/mol. The fraction of sp³-hybridized carbons (Fsp3) is 0.188. The molecule has 2 nitrogen and oxygen atoms in total. The van der Waals surface area contributed by atoms with Gasteiger partial charge in [-0.3, -0.25) is 4.79 Å². The Bertz CT molecular complexity index is 634. The van der Waals surface area contributed by atoms with Gasteiger partial charge >= 0.3 is 0 Å². The summed E-state index contributed by atoms with van der Waals surface area (Å²) in [5.41, 5.74) is 3.06. The number of ether oxygens (including phenoxy) is 1. The summed E-state index contributed by atoms with van der Waals surface area (Å²) >= 11 is 3.44. The minimum absolute atomic E-state index is 0.225. The molecule has 0 heterocycles. The van der Waals surface area contributed by atoms with Crippen LogP contribution in [0, 0.1) is 0 Å². The Hall–Kier alpha value is -1.61. The van der Waals surface area contributed by atoms with Crippen molar-refractivity contribution in [3.8, 4) is 5.75 Å². The van der Waals surface area contributed by atoms with Gasteiger partial charge in [0.1, 0.15) is 12.4 Å². The van der Waals surface area contributed by atoms with E-state index in [1.165, 1.54) is 0 Å². The van der Waals surface area contributed by atoms with Gasteiger partial charge in [0.2, 0.25) is 0 Å². The van der Waals surface area contributed by atoms with E-state index in [1.54, 1.807) is 0 Å². The van der Waals surface area contributed by atoms with Gasteiger partial charge in [0.05, 0.1) is 0 Å². The Labute approximate surface area is 120 Å². The highest BCUT2D eigenvalue weighted by Gasteiger charge is 2.19. The number of rotatable bonds is 3. The van der Waals surface area contributed by atoms with Gasteiger partial charge in [-0.2, -0.15) is 0 Å². The van der Waals surface area contributed by atoms with Gasteiger partial charge < -0.3 is 4.74 Å². The molecule has 0 saturated heterocycles. The minimum Gasteiger partial charge on any atom is -0.489 e. The second-order valence-electron chi connectivity index (χ2n) is 4.66. The highest BCUT2D eigenvalue weighted by Crippen LogP contribution is 2.26. The fourth-order valence-electron chi connectivity index (χ4n) is 2.30. The van der Waals surface area contributed by atoms with Crippen molar-refractivity contribution in [2.45, 2.75) is 19.4 Å². The summed E-state index contributed by atoms with van der Waals surface area (Å²) in [6.07, 6.45) is 1.49. The van der Waals surface area contributed by atoms with Crippen LogP contribution < -0.4 is 4.74 Å². The summed E-state index contributed by atoms with van der Waals surface area (Å²) in [6.45, 7) is 0.506. The quantitative estimate of drug-likeness (QED) is 0.850. The smallest absolute Gasteiger partial charge is 0.163 e. The second kappa shape index (κ2) is 5.17. The molecule has 0 spiro atoms. The number of ketones is 1. The molecule has 0 amide bonds. The molecule has 0 N–H and O–H groups in total. The van der Waals surface area contributed by atoms with Crippen LogP contribution in [0.2, 0.25) is 0 Å². The van der Waals surface area contributed by atoms with E-state index in [4.69, 9.17) is 4.74 Å². The number of hydrogen-bond acceptors (Lipinski definition) is 2. The first-order chi connectivity index (χ1) is 9.22. The summed E-state index contributed by atoms with van der Waals surface area (Å²) in [4.78, 5) is 11.7. The fourth-order valence-corrected chi connectivity index (χ4v) is 2.75. The van der Waals surface area contributed by atoms with E-state index in [0.29, 0.717) is 13.0 Å². The molecule has 2 aromatic rings. The maximum absolute atomic E-state index is 11.7. The number of carbonyl (C=O) groups excluding carboxylic acids is 1. The Morgan fingerprint density at radius 1 is 1.11 bits per heavy atom. The van der Waals surface area contributed by atoms with E-state index in [1.807, 2.05) is 42.5 Å². The molecule has 96 valence electrons. The van der Waals surface area contributed by atoms with E-state index < -0.39 is 0 Å². The zero-order valence-electron chi connectivity index (χ0n) is 10.4. The lowest BCUT2D eigenvalue weighted by Gasteiger charge is -2.08. The lowest BCUT2D eigenvalue weighted by Crippen LogP contribution is -1.97. The van der Waals surface area contributed by atoms with Gasteiger partial charge in [-0.25, -0.2) is 0 Å². The number of carbonyl (C=O) groups is 1. The van der Waals surface area contributed by atoms with Crippen molar-refractivity contribution >= 4 is 21.7 Å². The molecule has 19 heavy (non-hydrogen) atoms. The topological polar surface area (TPSA) is 26.3 Å². The number of Topliss-reactive ketones (excluding diaryl/α,β-unsaturated/α-hetero) is 1. The molecule has 0 fully saturated rings. The molecule has 3 rings (SSSR count). The van der Waals surface area contributed by atoms with Crippen molar-refractivity contribution in [1.82, 2.24) is 0 Å². The second-order valence-corrected chi connectivity index (χ2v) is 5.58. The Balaban J connectivity index is 1.74. The highest BCUT2D eigenvalue weighted by molar-refractivity contribution is 9.10. The summed E-state index contributed by atoms with van der Waals surface area (Å²) in [6, 6.07) is 13.8. The van der Waals surface area contributed by atoms with E-state index in [9.17, 15) is 4.79 Å². The van der Waals surface area contributed by atoms with Crippen molar-refractivity contribution < 1.29 is 9.53 Å². The predicted octanol–water partition coefficient (Wildman–Crippen LogP) is 4.16. The molecule has 0 aromatic heterocycles. The Morgan fingerprint density at radius 3 is 2.84 bits per heavy atom. The van der Waals surface area contributed by atoms with Crippen LogP contribution in [0.3, 0.4) is 0 Å². The van der Waals surface area contributed by atoms with Gasteiger partial charge in [-0.1, -0.05) is 34.1 Å².